The summed E-state index contributed by atoms with van der Waals surface area (Å²) >= 11 is 3.65. The Morgan fingerprint density at radius 2 is 1.84 bits per heavy atom. The highest BCUT2D eigenvalue weighted by Gasteiger charge is 2.20. The number of Topliss-reactive ketones (excluding diaryl/α,β-unsaturated/α-hetero) is 1. The lowest BCUT2D eigenvalue weighted by Crippen LogP contribution is -1.99. The zero-order valence-corrected chi connectivity index (χ0v) is 18.7. The first-order valence-corrected chi connectivity index (χ1v) is 10.8. The number of H-pyrrole nitrogens is 1. The van der Waals surface area contributed by atoms with Gasteiger partial charge in [0.25, 0.3) is 0 Å². The van der Waals surface area contributed by atoms with Gasteiger partial charge in [0.15, 0.2) is 5.78 Å². The van der Waals surface area contributed by atoms with Gasteiger partial charge < -0.3 is 14.3 Å². The van der Waals surface area contributed by atoms with Crippen LogP contribution in [0.15, 0.2) is 71.2 Å². The molecule has 0 aliphatic carbocycles. The zero-order valence-electron chi connectivity index (χ0n) is 17.1. The van der Waals surface area contributed by atoms with E-state index in [0.717, 1.165) is 43.6 Å². The average molecular weight is 474 g/mol. The first-order valence-electron chi connectivity index (χ1n) is 10.0. The number of aromatic nitrogens is 3. The molecule has 0 bridgehead atoms. The number of ether oxygens (including phenoxy) is 1. The summed E-state index contributed by atoms with van der Waals surface area (Å²) in [5.74, 6) is 1.45. The predicted octanol–water partition coefficient (Wildman–Crippen LogP) is 6.36. The first-order chi connectivity index (χ1) is 15.0. The number of benzene rings is 3. The summed E-state index contributed by atoms with van der Waals surface area (Å²) in [7, 11) is 0. The molecule has 1 N–H and O–H groups in total. The van der Waals surface area contributed by atoms with E-state index in [2.05, 4.69) is 30.5 Å². The summed E-state index contributed by atoms with van der Waals surface area (Å²) in [6, 6.07) is 21.9. The van der Waals surface area contributed by atoms with Crippen molar-refractivity contribution in [3.63, 3.8) is 0 Å². The Balaban J connectivity index is 1.58. The number of nitrogens with one attached hydrogen (secondary N) is 1. The van der Waals surface area contributed by atoms with Crippen molar-refractivity contribution < 1.29 is 9.53 Å². The molecule has 0 saturated carbocycles. The van der Waals surface area contributed by atoms with Gasteiger partial charge in [-0.1, -0.05) is 30.3 Å². The van der Waals surface area contributed by atoms with Gasteiger partial charge in [-0.05, 0) is 66.2 Å². The molecule has 0 aliphatic rings. The fourth-order valence-corrected chi connectivity index (χ4v) is 4.55. The molecule has 3 aromatic carbocycles. The number of hydrogen-bond acceptors (Lipinski definition) is 3. The van der Waals surface area contributed by atoms with Gasteiger partial charge >= 0.3 is 0 Å². The molecule has 5 rings (SSSR count). The van der Waals surface area contributed by atoms with E-state index in [1.165, 1.54) is 0 Å². The number of imidazole rings is 1. The average Bonchev–Trinajstić information content (AvgIpc) is 3.30. The normalized spacial score (nSPS) is 11.3. The molecule has 6 heteroatoms. The lowest BCUT2D eigenvalue weighted by atomic mass is 10.1. The molecule has 0 unspecified atom stereocenters. The zero-order chi connectivity index (χ0) is 21.5. The molecule has 0 atom stereocenters. The number of carbonyl (C=O) groups is 1. The Kier molecular flexibility index (Phi) is 4.87. The molecule has 0 fully saturated rings. The third-order valence-electron chi connectivity index (χ3n) is 5.43. The van der Waals surface area contributed by atoms with E-state index in [0.29, 0.717) is 17.9 Å². The highest BCUT2D eigenvalue weighted by molar-refractivity contribution is 9.10. The number of aromatic amines is 1. The van der Waals surface area contributed by atoms with Crippen LogP contribution in [-0.2, 0) is 6.61 Å². The second kappa shape index (κ2) is 7.71. The number of fused-ring (bicyclic) bond motifs is 2. The molecule has 0 aliphatic heterocycles. The molecular weight excluding hydrogens is 454 g/mol. The molecule has 5 nitrogen and oxygen atoms in total. The Bertz CT molecular complexity index is 1400. The van der Waals surface area contributed by atoms with Crippen molar-refractivity contribution in [3.05, 3.63) is 88.3 Å². The summed E-state index contributed by atoms with van der Waals surface area (Å²) in [5, 5.41) is 0.872. The third kappa shape index (κ3) is 3.43. The lowest BCUT2D eigenvalue weighted by Gasteiger charge is -2.10. The molecule has 2 heterocycles. The minimum Gasteiger partial charge on any atom is -0.484 e. The number of hydrogen-bond donors (Lipinski definition) is 1. The van der Waals surface area contributed by atoms with E-state index >= 15 is 0 Å². The van der Waals surface area contributed by atoms with E-state index in [4.69, 9.17) is 4.74 Å². The van der Waals surface area contributed by atoms with Crippen LogP contribution in [0, 0.1) is 6.92 Å². The number of para-hydroxylation sites is 3. The van der Waals surface area contributed by atoms with Gasteiger partial charge in [0.2, 0.25) is 0 Å². The summed E-state index contributed by atoms with van der Waals surface area (Å²) in [6.07, 6.45) is 0. The largest absolute Gasteiger partial charge is 0.484 e. The second-order valence-corrected chi connectivity index (χ2v) is 8.33. The van der Waals surface area contributed by atoms with Crippen LogP contribution < -0.4 is 4.74 Å². The third-order valence-corrected chi connectivity index (χ3v) is 6.05. The minimum absolute atomic E-state index is 0.0303. The smallest absolute Gasteiger partial charge is 0.162 e. The molecule has 5 aromatic rings. The predicted molar refractivity (Wildman–Crippen MR) is 126 cm³/mol. The highest BCUT2D eigenvalue weighted by atomic mass is 79.9. The number of rotatable bonds is 5. The fraction of sp³-hybridized carbons (Fsp3) is 0.120. The van der Waals surface area contributed by atoms with Crippen LogP contribution in [0.3, 0.4) is 0 Å². The van der Waals surface area contributed by atoms with E-state index < -0.39 is 0 Å². The van der Waals surface area contributed by atoms with Crippen molar-refractivity contribution in [1.29, 1.82) is 0 Å². The molecule has 2 aromatic heterocycles. The Hall–Kier alpha value is -3.38. The summed E-state index contributed by atoms with van der Waals surface area (Å²) < 4.78 is 9.02. The lowest BCUT2D eigenvalue weighted by molar-refractivity contribution is 0.101. The van der Waals surface area contributed by atoms with Gasteiger partial charge in [-0.3, -0.25) is 4.79 Å². The number of ketones is 1. The van der Waals surface area contributed by atoms with Crippen molar-refractivity contribution >= 4 is 43.6 Å². The van der Waals surface area contributed by atoms with Crippen LogP contribution in [0.2, 0.25) is 0 Å². The topological polar surface area (TPSA) is 59.9 Å². The maximum absolute atomic E-state index is 12.5. The molecular formula is C25H20BrN3O2. The standard InChI is InChI=1S/C25H20BrN3O2/c1-15-25(16(2)30)18-12-23(31-14-24-27-20-10-6-7-11-21(20)28-24)19(26)13-22(18)29(15)17-8-4-3-5-9-17/h3-13H,14H2,1-2H3,(H,27,28). The van der Waals surface area contributed by atoms with Gasteiger partial charge in [-0.25, -0.2) is 4.98 Å². The van der Waals surface area contributed by atoms with Gasteiger partial charge in [0.05, 0.1) is 21.0 Å². The van der Waals surface area contributed by atoms with Gasteiger partial charge in [-0.2, -0.15) is 0 Å². The van der Waals surface area contributed by atoms with Crippen molar-refractivity contribution in [2.75, 3.05) is 0 Å². The first kappa shape index (κ1) is 19.6. The fourth-order valence-electron chi connectivity index (χ4n) is 4.10. The SMILES string of the molecule is CC(=O)c1c(C)n(-c2ccccc2)c2cc(Br)c(OCc3nc4ccccc4[nH]3)cc12. The summed E-state index contributed by atoms with van der Waals surface area (Å²) in [5.41, 5.74) is 5.47. The second-order valence-electron chi connectivity index (χ2n) is 7.48. The number of halogens is 1. The van der Waals surface area contributed by atoms with Gasteiger partial charge in [0.1, 0.15) is 18.2 Å². The molecule has 0 radical (unpaired) electrons. The quantitative estimate of drug-likeness (QED) is 0.302. The van der Waals surface area contributed by atoms with E-state index in [-0.39, 0.29) is 5.78 Å². The summed E-state index contributed by atoms with van der Waals surface area (Å²) in [4.78, 5) is 20.4. The van der Waals surface area contributed by atoms with Crippen molar-refractivity contribution in [3.8, 4) is 11.4 Å². The van der Waals surface area contributed by atoms with Crippen LogP contribution in [0.25, 0.3) is 27.6 Å². The minimum atomic E-state index is 0.0303. The van der Waals surface area contributed by atoms with Gasteiger partial charge in [-0.15, -0.1) is 0 Å². The van der Waals surface area contributed by atoms with Crippen molar-refractivity contribution in [1.82, 2.24) is 14.5 Å². The Morgan fingerprint density at radius 1 is 1.10 bits per heavy atom. The monoisotopic (exact) mass is 473 g/mol. The van der Waals surface area contributed by atoms with Crippen molar-refractivity contribution in [2.24, 2.45) is 0 Å². The molecule has 31 heavy (non-hydrogen) atoms. The maximum Gasteiger partial charge on any atom is 0.162 e. The van der Waals surface area contributed by atoms with Crippen molar-refractivity contribution in [2.45, 2.75) is 20.5 Å². The molecule has 0 spiro atoms. The number of carbonyl (C=O) groups excluding carboxylic acids is 1. The Labute approximate surface area is 187 Å². The maximum atomic E-state index is 12.5. The van der Waals surface area contributed by atoms with E-state index in [1.54, 1.807) is 6.92 Å². The van der Waals surface area contributed by atoms with E-state index in [9.17, 15) is 4.79 Å². The Morgan fingerprint density at radius 3 is 2.58 bits per heavy atom. The van der Waals surface area contributed by atoms with Crippen LogP contribution in [0.5, 0.6) is 5.75 Å². The van der Waals surface area contributed by atoms with E-state index in [1.807, 2.05) is 73.7 Å². The molecule has 0 saturated heterocycles. The summed E-state index contributed by atoms with van der Waals surface area (Å²) in [6.45, 7) is 3.88. The molecule has 154 valence electrons. The van der Waals surface area contributed by atoms with Crippen LogP contribution in [0.4, 0.5) is 0 Å². The van der Waals surface area contributed by atoms with Gasteiger partial charge in [0, 0.05) is 22.3 Å². The van der Waals surface area contributed by atoms with Crippen LogP contribution in [-0.4, -0.2) is 20.3 Å². The number of nitrogens with zero attached hydrogens (tertiary/aromatic N) is 2. The highest BCUT2D eigenvalue weighted by Crippen LogP contribution is 2.37. The van der Waals surface area contributed by atoms with Crippen LogP contribution >= 0.6 is 15.9 Å². The molecule has 0 amide bonds. The van der Waals surface area contributed by atoms with Crippen LogP contribution in [0.1, 0.15) is 28.8 Å².